The fourth-order valence-electron chi connectivity index (χ4n) is 5.47. The lowest BCUT2D eigenvalue weighted by Gasteiger charge is -2.28. The van der Waals surface area contributed by atoms with Gasteiger partial charge in [-0.05, 0) is 67.9 Å². The molecule has 9 nitrogen and oxygen atoms in total. The summed E-state index contributed by atoms with van der Waals surface area (Å²) in [5.74, 6) is 0.361. The molecule has 5 rings (SSSR count). The summed E-state index contributed by atoms with van der Waals surface area (Å²) in [4.78, 5) is 52.3. The van der Waals surface area contributed by atoms with Crippen LogP contribution in [0.5, 0.6) is 0 Å². The van der Waals surface area contributed by atoms with Crippen molar-refractivity contribution >= 4 is 22.7 Å². The van der Waals surface area contributed by atoms with Crippen LogP contribution in [-0.4, -0.2) is 27.5 Å². The molecule has 0 radical (unpaired) electrons. The van der Waals surface area contributed by atoms with Gasteiger partial charge in [0.15, 0.2) is 0 Å². The van der Waals surface area contributed by atoms with Gasteiger partial charge in [0.25, 0.3) is 5.56 Å². The molecular weight excluding hydrogens is 508 g/mol. The first-order valence-corrected chi connectivity index (χ1v) is 13.8. The Labute approximate surface area is 231 Å². The zero-order chi connectivity index (χ0) is 27.9. The number of furan rings is 1. The Morgan fingerprint density at radius 1 is 0.850 bits per heavy atom. The molecule has 2 aromatic carbocycles. The van der Waals surface area contributed by atoms with Gasteiger partial charge in [-0.2, -0.15) is 0 Å². The average molecular weight is 543 g/mol. The molecule has 2 aromatic heterocycles. The first-order valence-electron chi connectivity index (χ1n) is 13.8. The van der Waals surface area contributed by atoms with Gasteiger partial charge >= 0.3 is 5.69 Å². The molecule has 1 fully saturated rings. The monoisotopic (exact) mass is 542 g/mol. The number of hydrogen-bond acceptors (Lipinski definition) is 5. The van der Waals surface area contributed by atoms with E-state index in [4.69, 9.17) is 4.42 Å². The van der Waals surface area contributed by atoms with Crippen LogP contribution in [-0.2, 0) is 35.6 Å². The molecule has 40 heavy (non-hydrogen) atoms. The Balaban J connectivity index is 1.23. The van der Waals surface area contributed by atoms with E-state index in [0.29, 0.717) is 36.0 Å². The van der Waals surface area contributed by atoms with Crippen molar-refractivity contribution in [1.82, 2.24) is 19.8 Å². The molecule has 1 saturated carbocycles. The molecule has 1 aliphatic rings. The highest BCUT2D eigenvalue weighted by Crippen LogP contribution is 2.29. The molecule has 0 aliphatic heterocycles. The molecule has 0 saturated heterocycles. The van der Waals surface area contributed by atoms with Crippen molar-refractivity contribution in [3.05, 3.63) is 105 Å². The molecule has 0 spiro atoms. The van der Waals surface area contributed by atoms with Crippen LogP contribution >= 0.6 is 0 Å². The molecule has 208 valence electrons. The molecule has 1 aliphatic carbocycles. The van der Waals surface area contributed by atoms with Gasteiger partial charge in [0.2, 0.25) is 11.8 Å². The van der Waals surface area contributed by atoms with Gasteiger partial charge in [0.1, 0.15) is 12.3 Å². The summed E-state index contributed by atoms with van der Waals surface area (Å²) in [5.41, 5.74) is 0.761. The molecule has 0 atom stereocenters. The van der Waals surface area contributed by atoms with E-state index in [9.17, 15) is 19.2 Å². The molecule has 4 aromatic rings. The predicted octanol–water partition coefficient (Wildman–Crippen LogP) is 3.24. The van der Waals surface area contributed by atoms with E-state index in [0.717, 1.165) is 19.3 Å². The van der Waals surface area contributed by atoms with Gasteiger partial charge in [-0.1, -0.05) is 42.5 Å². The van der Waals surface area contributed by atoms with Crippen LogP contribution in [0.1, 0.15) is 37.0 Å². The standard InChI is InChI=1S/C31H34N4O5/c36-28(33-19-25-9-6-18-40-25)21-34-27-11-5-4-10-26(27)30(38)35(31(34)39)20-23-12-14-24(15-13-23)29(37)32-17-16-22-7-2-1-3-8-22/h1-11,18,23-24H,12-17,19-21H2,(H,32,37)(H,33,36). The zero-order valence-electron chi connectivity index (χ0n) is 22.4. The van der Waals surface area contributed by atoms with Crippen LogP contribution in [0, 0.1) is 11.8 Å². The fraction of sp³-hybridized carbons (Fsp3) is 0.355. The average Bonchev–Trinajstić information content (AvgIpc) is 3.51. The topological polar surface area (TPSA) is 115 Å². The molecular formula is C31H34N4O5. The first kappa shape index (κ1) is 27.2. The summed E-state index contributed by atoms with van der Waals surface area (Å²) in [6.07, 6.45) is 5.25. The number of aromatic nitrogens is 2. The van der Waals surface area contributed by atoms with Gasteiger partial charge < -0.3 is 15.1 Å². The summed E-state index contributed by atoms with van der Waals surface area (Å²) in [6.45, 7) is 0.861. The Morgan fingerprint density at radius 3 is 2.35 bits per heavy atom. The van der Waals surface area contributed by atoms with E-state index in [1.54, 1.807) is 36.4 Å². The SMILES string of the molecule is O=C(Cn1c(=O)n(CC2CCC(C(=O)NCCc3ccccc3)CC2)c(=O)c2ccccc21)NCc1ccco1. The third-order valence-corrected chi connectivity index (χ3v) is 7.69. The Morgan fingerprint density at radius 2 is 1.60 bits per heavy atom. The fourth-order valence-corrected chi connectivity index (χ4v) is 5.47. The van der Waals surface area contributed by atoms with E-state index in [-0.39, 0.29) is 48.8 Å². The number of hydrogen-bond donors (Lipinski definition) is 2. The van der Waals surface area contributed by atoms with E-state index in [2.05, 4.69) is 10.6 Å². The number of amides is 2. The van der Waals surface area contributed by atoms with Gasteiger partial charge in [0, 0.05) is 19.0 Å². The van der Waals surface area contributed by atoms with Crippen molar-refractivity contribution in [2.75, 3.05) is 6.54 Å². The number of para-hydroxylation sites is 1. The van der Waals surface area contributed by atoms with Gasteiger partial charge in [-0.25, -0.2) is 4.79 Å². The Hall–Kier alpha value is -4.40. The minimum absolute atomic E-state index is 0.0603. The van der Waals surface area contributed by atoms with Crippen molar-refractivity contribution < 1.29 is 14.0 Å². The number of carbonyl (C=O) groups excluding carboxylic acids is 2. The summed E-state index contributed by atoms with van der Waals surface area (Å²) in [7, 11) is 0. The largest absolute Gasteiger partial charge is 0.467 e. The third kappa shape index (κ3) is 6.42. The molecule has 9 heteroatoms. The van der Waals surface area contributed by atoms with Crippen LogP contribution < -0.4 is 21.9 Å². The van der Waals surface area contributed by atoms with Crippen molar-refractivity contribution in [3.8, 4) is 0 Å². The lowest BCUT2D eigenvalue weighted by atomic mass is 9.81. The van der Waals surface area contributed by atoms with Crippen molar-refractivity contribution in [3.63, 3.8) is 0 Å². The van der Waals surface area contributed by atoms with Crippen LogP contribution in [0.2, 0.25) is 0 Å². The number of nitrogens with zero attached hydrogens (tertiary/aromatic N) is 2. The van der Waals surface area contributed by atoms with Crippen LogP contribution in [0.3, 0.4) is 0 Å². The second-order valence-electron chi connectivity index (χ2n) is 10.4. The Kier molecular flexibility index (Phi) is 8.59. The number of fused-ring (bicyclic) bond motifs is 1. The first-order chi connectivity index (χ1) is 19.5. The van der Waals surface area contributed by atoms with E-state index in [1.807, 2.05) is 30.3 Å². The van der Waals surface area contributed by atoms with E-state index >= 15 is 0 Å². The number of rotatable bonds is 10. The predicted molar refractivity (Wildman–Crippen MR) is 152 cm³/mol. The van der Waals surface area contributed by atoms with Crippen molar-refractivity contribution in [2.24, 2.45) is 11.8 Å². The number of carbonyl (C=O) groups is 2. The van der Waals surface area contributed by atoms with Crippen molar-refractivity contribution in [2.45, 2.75) is 51.7 Å². The highest BCUT2D eigenvalue weighted by molar-refractivity contribution is 5.81. The Bertz CT molecular complexity index is 1570. The summed E-state index contributed by atoms with van der Waals surface area (Å²) < 4.78 is 7.87. The second-order valence-corrected chi connectivity index (χ2v) is 10.4. The van der Waals surface area contributed by atoms with Gasteiger partial charge in [0.05, 0.1) is 23.7 Å². The maximum atomic E-state index is 13.5. The van der Waals surface area contributed by atoms with Crippen LogP contribution in [0.4, 0.5) is 0 Å². The van der Waals surface area contributed by atoms with E-state index < -0.39 is 5.69 Å². The van der Waals surface area contributed by atoms with Crippen LogP contribution in [0.25, 0.3) is 10.9 Å². The highest BCUT2D eigenvalue weighted by Gasteiger charge is 2.27. The van der Waals surface area contributed by atoms with Crippen molar-refractivity contribution in [1.29, 1.82) is 0 Å². The minimum atomic E-state index is -0.502. The van der Waals surface area contributed by atoms with Gasteiger partial charge in [-0.3, -0.25) is 23.5 Å². The van der Waals surface area contributed by atoms with Crippen LogP contribution in [0.15, 0.2) is 87.0 Å². The molecule has 2 amide bonds. The maximum absolute atomic E-state index is 13.5. The number of nitrogens with one attached hydrogen (secondary N) is 2. The lowest BCUT2D eigenvalue weighted by molar-refractivity contribution is -0.126. The van der Waals surface area contributed by atoms with Gasteiger partial charge in [-0.15, -0.1) is 0 Å². The highest BCUT2D eigenvalue weighted by atomic mass is 16.3. The normalized spacial score (nSPS) is 17.0. The smallest absolute Gasteiger partial charge is 0.331 e. The quantitative estimate of drug-likeness (QED) is 0.319. The lowest BCUT2D eigenvalue weighted by Crippen LogP contribution is -2.44. The summed E-state index contributed by atoms with van der Waals surface area (Å²) in [6, 6.07) is 20.4. The second kappa shape index (κ2) is 12.6. The molecule has 0 unspecified atom stereocenters. The summed E-state index contributed by atoms with van der Waals surface area (Å²) in [5, 5.41) is 6.22. The molecule has 2 heterocycles. The molecule has 2 N–H and O–H groups in total. The third-order valence-electron chi connectivity index (χ3n) is 7.69. The number of benzene rings is 2. The maximum Gasteiger partial charge on any atom is 0.331 e. The minimum Gasteiger partial charge on any atom is -0.467 e. The summed E-state index contributed by atoms with van der Waals surface area (Å²) >= 11 is 0. The van der Waals surface area contributed by atoms with E-state index in [1.165, 1.54) is 21.0 Å². The molecule has 0 bridgehead atoms. The zero-order valence-corrected chi connectivity index (χ0v) is 22.4.